The topological polar surface area (TPSA) is 295 Å². The Morgan fingerprint density at radius 2 is 1.31 bits per heavy atom. The van der Waals surface area contributed by atoms with E-state index in [1.54, 1.807) is 42.5 Å². The van der Waals surface area contributed by atoms with Crippen molar-refractivity contribution in [2.45, 2.75) is 90.9 Å². The Labute approximate surface area is 364 Å². The van der Waals surface area contributed by atoms with Gasteiger partial charge in [-0.05, 0) is 69.0 Å². The fraction of sp³-hybridized carbons (Fsp3) is 0.450. The maximum absolute atomic E-state index is 13.6. The van der Waals surface area contributed by atoms with E-state index in [9.17, 15) is 45.4 Å². The lowest BCUT2D eigenvalue weighted by molar-refractivity contribution is -0.437. The number of hydrogen-bond donors (Lipinski definition) is 1. The molecule has 2 aromatic carbocycles. The molecule has 22 heteroatoms. The van der Waals surface area contributed by atoms with Crippen LogP contribution >= 0.6 is 0 Å². The summed E-state index contributed by atoms with van der Waals surface area (Å²) in [6.45, 7) is 11.9. The number of carboxylic acids is 1. The molecule has 0 unspecified atom stereocenters. The summed E-state index contributed by atoms with van der Waals surface area (Å²) in [4.78, 5) is 40.4. The van der Waals surface area contributed by atoms with Crippen molar-refractivity contribution >= 4 is 76.1 Å². The summed E-state index contributed by atoms with van der Waals surface area (Å²) in [5.41, 5.74) is 3.83. The maximum atomic E-state index is 13.6. The Kier molecular flexibility index (Phi) is 19.2. The maximum Gasteiger partial charge on any atom is 0.425 e. The summed E-state index contributed by atoms with van der Waals surface area (Å²) < 4.78 is 121. The predicted octanol–water partition coefficient (Wildman–Crippen LogP) is 4.38. The van der Waals surface area contributed by atoms with E-state index in [1.807, 2.05) is 63.2 Å². The molecule has 0 saturated heterocycles. The Balaban J connectivity index is 0.00000152. The number of benzene rings is 2. The van der Waals surface area contributed by atoms with Gasteiger partial charge in [-0.2, -0.15) is 4.58 Å². The zero-order valence-corrected chi connectivity index (χ0v) is 38.2. The SMILES string of the molecule is CCCC(=O)c1cc(C(=O)CCC)c2c(c1)N(CCCS(=O)(=O)[O-])C(=CC=CC=CC1=[N+](CCCS(=O)(=O)[O-])c3ccc(C(=O)O)cc3C1(C)C)C2(C)C.O=S(=O)=O.O=S(=O)=O. The molecule has 18 nitrogen and oxygen atoms in total. The second-order valence-corrected chi connectivity index (χ2v) is 19.0. The van der Waals surface area contributed by atoms with Gasteiger partial charge in [-0.25, -0.2) is 21.6 Å². The highest BCUT2D eigenvalue weighted by Crippen LogP contribution is 2.50. The molecule has 0 bridgehead atoms. The lowest BCUT2D eigenvalue weighted by atomic mass is 9.79. The molecule has 340 valence electrons. The van der Waals surface area contributed by atoms with Crippen molar-refractivity contribution in [2.24, 2.45) is 0 Å². The van der Waals surface area contributed by atoms with Crippen LogP contribution in [0.25, 0.3) is 0 Å². The van der Waals surface area contributed by atoms with Crippen molar-refractivity contribution < 1.29 is 75.3 Å². The van der Waals surface area contributed by atoms with Crippen molar-refractivity contribution in [1.82, 2.24) is 0 Å². The van der Waals surface area contributed by atoms with Gasteiger partial charge in [0.05, 0.1) is 31.2 Å². The van der Waals surface area contributed by atoms with E-state index in [2.05, 4.69) is 0 Å². The average molecular weight is 942 g/mol. The number of fused-ring (bicyclic) bond motifs is 2. The third-order valence-corrected chi connectivity index (χ3v) is 11.5. The summed E-state index contributed by atoms with van der Waals surface area (Å²) in [5.74, 6) is -2.41. The smallest absolute Gasteiger partial charge is 0.425 e. The van der Waals surface area contributed by atoms with Crippen molar-refractivity contribution in [2.75, 3.05) is 29.5 Å². The van der Waals surface area contributed by atoms with Gasteiger partial charge in [-0.3, -0.25) is 9.59 Å². The van der Waals surface area contributed by atoms with Gasteiger partial charge < -0.3 is 19.1 Å². The number of rotatable bonds is 18. The van der Waals surface area contributed by atoms with Crippen molar-refractivity contribution in [3.05, 3.63) is 94.2 Å². The molecular formula is C40H49N2O16S4-. The zero-order valence-electron chi connectivity index (χ0n) is 34.9. The first-order valence-corrected chi connectivity index (χ1v) is 24.3. The molecule has 2 aromatic rings. The molecular weight excluding hydrogens is 893 g/mol. The lowest BCUT2D eigenvalue weighted by Crippen LogP contribution is -2.28. The predicted molar refractivity (Wildman–Crippen MR) is 226 cm³/mol. The molecule has 0 aromatic heterocycles. The van der Waals surface area contributed by atoms with Crippen LogP contribution in [-0.4, -0.2) is 109 Å². The summed E-state index contributed by atoms with van der Waals surface area (Å²) in [7, 11) is -15.2. The minimum Gasteiger partial charge on any atom is -0.748 e. The second kappa shape index (κ2) is 22.4. The summed E-state index contributed by atoms with van der Waals surface area (Å²) in [6.07, 6.45) is 11.0. The van der Waals surface area contributed by atoms with E-state index in [-0.39, 0.29) is 49.5 Å². The van der Waals surface area contributed by atoms with E-state index in [0.717, 1.165) is 22.5 Å². The van der Waals surface area contributed by atoms with Crippen LogP contribution in [0.2, 0.25) is 0 Å². The third-order valence-electron chi connectivity index (χ3n) is 9.96. The van der Waals surface area contributed by atoms with Gasteiger partial charge in [0.25, 0.3) is 0 Å². The van der Waals surface area contributed by atoms with Crippen LogP contribution in [0.1, 0.15) is 122 Å². The Morgan fingerprint density at radius 1 is 0.758 bits per heavy atom. The first-order chi connectivity index (χ1) is 28.6. The number of Topliss-reactive ketones (excluding diaryl/α,β-unsaturated/α-hetero) is 2. The third kappa shape index (κ3) is 14.8. The molecule has 2 aliphatic heterocycles. The normalized spacial score (nSPS) is 15.7. The van der Waals surface area contributed by atoms with Gasteiger partial charge in [-0.15, -0.1) is 25.3 Å². The molecule has 2 aliphatic rings. The van der Waals surface area contributed by atoms with Gasteiger partial charge in [0.1, 0.15) is 6.54 Å². The highest BCUT2D eigenvalue weighted by Gasteiger charge is 2.45. The van der Waals surface area contributed by atoms with Crippen molar-refractivity contribution in [3.8, 4) is 0 Å². The van der Waals surface area contributed by atoms with Gasteiger partial charge in [0.2, 0.25) is 5.69 Å². The first kappa shape index (κ1) is 53.1. The van der Waals surface area contributed by atoms with Gasteiger partial charge in [0, 0.05) is 82.9 Å². The van der Waals surface area contributed by atoms with Crippen LogP contribution in [0.5, 0.6) is 0 Å². The number of carbonyl (C=O) groups is 3. The van der Waals surface area contributed by atoms with Crippen LogP contribution in [0, 0.1) is 0 Å². The minimum atomic E-state index is -4.49. The molecule has 4 rings (SSSR count). The largest absolute Gasteiger partial charge is 0.748 e. The number of anilines is 1. The molecule has 0 aliphatic carbocycles. The van der Waals surface area contributed by atoms with Crippen molar-refractivity contribution in [3.63, 3.8) is 0 Å². The molecule has 0 atom stereocenters. The van der Waals surface area contributed by atoms with Gasteiger partial charge in [0.15, 0.2) is 17.3 Å². The summed E-state index contributed by atoms with van der Waals surface area (Å²) in [5, 5.41) is 9.64. The average Bonchev–Trinajstić information content (AvgIpc) is 3.47. The number of ketones is 2. The molecule has 62 heavy (non-hydrogen) atoms. The summed E-state index contributed by atoms with van der Waals surface area (Å²) >= 11 is 0. The minimum absolute atomic E-state index is 0.0225. The van der Waals surface area contributed by atoms with E-state index >= 15 is 0 Å². The number of carbonyl (C=O) groups excluding carboxylic acids is 2. The first-order valence-electron chi connectivity index (χ1n) is 19.1. The van der Waals surface area contributed by atoms with E-state index in [4.69, 9.17) is 25.3 Å². The van der Waals surface area contributed by atoms with Crippen LogP contribution in [0.4, 0.5) is 11.4 Å². The second-order valence-electron chi connectivity index (χ2n) is 15.2. The number of carboxylic acid groups (broad SMARTS) is 1. The fourth-order valence-corrected chi connectivity index (χ4v) is 8.42. The van der Waals surface area contributed by atoms with Crippen molar-refractivity contribution in [1.29, 1.82) is 0 Å². The van der Waals surface area contributed by atoms with E-state index in [0.29, 0.717) is 41.8 Å². The van der Waals surface area contributed by atoms with Gasteiger partial charge in [-0.1, -0.05) is 45.9 Å². The molecule has 0 saturated carbocycles. The van der Waals surface area contributed by atoms with Crippen LogP contribution in [0.15, 0.2) is 66.4 Å². The van der Waals surface area contributed by atoms with Crippen LogP contribution in [-0.2, 0) is 52.3 Å². The number of aromatic carboxylic acids is 1. The lowest BCUT2D eigenvalue weighted by Gasteiger charge is -2.27. The molecule has 0 fully saturated rings. The molecule has 0 amide bonds. The Bertz CT molecular complexity index is 2600. The Hall–Kier alpha value is -5.00. The monoisotopic (exact) mass is 941 g/mol. The molecule has 2 heterocycles. The highest BCUT2D eigenvalue weighted by molar-refractivity contribution is 7.85. The Morgan fingerprint density at radius 3 is 1.84 bits per heavy atom. The summed E-state index contributed by atoms with van der Waals surface area (Å²) in [6, 6.07) is 8.20. The molecule has 1 N–H and O–H groups in total. The zero-order chi connectivity index (χ0) is 47.4. The number of hydrogen-bond acceptors (Lipinski definition) is 16. The van der Waals surface area contributed by atoms with Crippen LogP contribution in [0.3, 0.4) is 0 Å². The van der Waals surface area contributed by atoms with Gasteiger partial charge >= 0.3 is 27.2 Å². The molecule has 0 spiro atoms. The molecule has 0 radical (unpaired) electrons. The quantitative estimate of drug-likeness (QED) is 0.0938. The standard InChI is InChI=1S/C40H50N2O10S2.2O3S/c1-7-14-33(43)28-24-29(34(44)15-8-2)37-32(26-28)42(21-13-23-54(50,51)52)36(40(37,5)6)17-11-9-10-16-35-39(3,4)30-25-27(38(45)46)18-19-31(30)41(35)20-12-22-53(47,48)49;2*1-4(2)3/h9-11,16-19,24-26H,7-8,12-15,20-23H2,1-6H3,(H2-,45,46,47,48,49,50,51,52);;/p-1. The fourth-order valence-electron chi connectivity index (χ4n) is 7.45. The number of nitrogens with zero attached hydrogens (tertiary/aromatic N) is 2. The van der Waals surface area contributed by atoms with Crippen LogP contribution < -0.4 is 4.90 Å². The van der Waals surface area contributed by atoms with E-state index < -0.39 is 69.8 Å². The number of allylic oxidation sites excluding steroid dienone is 6. The van der Waals surface area contributed by atoms with E-state index in [1.165, 1.54) is 6.07 Å². The highest BCUT2D eigenvalue weighted by atomic mass is 32.2.